The van der Waals surface area contributed by atoms with E-state index in [1.54, 1.807) is 18.2 Å². The van der Waals surface area contributed by atoms with Gasteiger partial charge in [0.1, 0.15) is 10.7 Å². The molecule has 2 rings (SSSR count). The maximum absolute atomic E-state index is 11.8. The fraction of sp³-hybridized carbons (Fsp3) is 0.0667. The summed E-state index contributed by atoms with van der Waals surface area (Å²) in [5, 5.41) is 10.7. The largest absolute Gasteiger partial charge is 0.454 e. The van der Waals surface area contributed by atoms with E-state index in [4.69, 9.17) is 20.8 Å². The highest BCUT2D eigenvalue weighted by molar-refractivity contribution is 6.34. The van der Waals surface area contributed by atoms with Crippen LogP contribution in [0.15, 0.2) is 46.9 Å². The molecule has 0 saturated carbocycles. The molecule has 23 heavy (non-hydrogen) atoms. The van der Waals surface area contributed by atoms with Crippen molar-refractivity contribution >= 4 is 35.3 Å². The van der Waals surface area contributed by atoms with Crippen molar-refractivity contribution in [1.29, 1.82) is 0 Å². The molecule has 1 heterocycles. The minimum atomic E-state index is -0.788. The van der Waals surface area contributed by atoms with Crippen molar-refractivity contribution in [1.82, 2.24) is 0 Å². The summed E-state index contributed by atoms with van der Waals surface area (Å²) in [6.45, 7) is -0.467. The van der Waals surface area contributed by atoms with Crippen LogP contribution in [0, 0.1) is 10.1 Å². The number of carbonyl (C=O) groups excluding carboxylic acids is 2. The lowest BCUT2D eigenvalue weighted by molar-refractivity contribution is -0.402. The molecule has 0 aliphatic heterocycles. The number of nitro groups is 1. The number of hydrogen-bond donors (Lipinski definition) is 0. The van der Waals surface area contributed by atoms with Crippen LogP contribution in [0.1, 0.15) is 16.1 Å². The lowest BCUT2D eigenvalue weighted by Crippen LogP contribution is -2.12. The zero-order chi connectivity index (χ0) is 16.8. The van der Waals surface area contributed by atoms with Crippen molar-refractivity contribution in [2.45, 2.75) is 0 Å². The van der Waals surface area contributed by atoms with Gasteiger partial charge in [0.15, 0.2) is 6.61 Å². The fourth-order valence-corrected chi connectivity index (χ4v) is 1.87. The van der Waals surface area contributed by atoms with E-state index >= 15 is 0 Å². The Kier molecular flexibility index (Phi) is 5.27. The molecule has 0 radical (unpaired) electrons. The van der Waals surface area contributed by atoms with E-state index in [0.29, 0.717) is 0 Å². The fourth-order valence-electron chi connectivity index (χ4n) is 1.63. The molecule has 7 nitrogen and oxygen atoms in total. The predicted octanol–water partition coefficient (Wildman–Crippen LogP) is 3.28. The Balaban J connectivity index is 1.89. The molecule has 0 atom stereocenters. The number of rotatable bonds is 6. The Morgan fingerprint density at radius 2 is 2.00 bits per heavy atom. The second kappa shape index (κ2) is 7.37. The summed E-state index contributed by atoms with van der Waals surface area (Å²) in [7, 11) is 0. The molecule has 0 bridgehead atoms. The molecule has 0 unspecified atom stereocenters. The monoisotopic (exact) mass is 335 g/mol. The molecule has 0 fully saturated rings. The number of nitrogens with zero attached hydrogens (tertiary/aromatic N) is 1. The molecule has 1 aromatic carbocycles. The number of hydrogen-bond acceptors (Lipinski definition) is 6. The number of esters is 1. The summed E-state index contributed by atoms with van der Waals surface area (Å²) in [6.07, 6.45) is 2.21. The van der Waals surface area contributed by atoms with Crippen molar-refractivity contribution < 1.29 is 23.7 Å². The van der Waals surface area contributed by atoms with Crippen LogP contribution in [0.4, 0.5) is 5.88 Å². The Morgan fingerprint density at radius 3 is 2.65 bits per heavy atom. The number of carbonyl (C=O) groups is 2. The zero-order valence-electron chi connectivity index (χ0n) is 11.6. The van der Waals surface area contributed by atoms with Gasteiger partial charge in [-0.25, -0.2) is 4.79 Å². The quantitative estimate of drug-likeness (QED) is 0.264. The highest BCUT2D eigenvalue weighted by atomic mass is 35.5. The van der Waals surface area contributed by atoms with E-state index in [-0.39, 0.29) is 16.3 Å². The number of ketones is 1. The highest BCUT2D eigenvalue weighted by Gasteiger charge is 2.12. The summed E-state index contributed by atoms with van der Waals surface area (Å²) in [5.74, 6) is -1.55. The maximum atomic E-state index is 11.8. The molecule has 0 aliphatic rings. The molecule has 8 heteroatoms. The topological polar surface area (TPSA) is 99.7 Å². The van der Waals surface area contributed by atoms with Crippen molar-refractivity contribution in [2.75, 3.05) is 6.61 Å². The molecule has 0 aliphatic carbocycles. The highest BCUT2D eigenvalue weighted by Crippen LogP contribution is 2.17. The van der Waals surface area contributed by atoms with Crippen LogP contribution in [0.25, 0.3) is 6.08 Å². The Bertz CT molecular complexity index is 780. The molecular formula is C15H10ClNO6. The van der Waals surface area contributed by atoms with Crippen molar-refractivity contribution in [3.63, 3.8) is 0 Å². The predicted molar refractivity (Wildman–Crippen MR) is 81.1 cm³/mol. The van der Waals surface area contributed by atoms with E-state index in [1.807, 2.05) is 0 Å². The van der Waals surface area contributed by atoms with E-state index in [9.17, 15) is 19.7 Å². The van der Waals surface area contributed by atoms with Gasteiger partial charge in [-0.15, -0.1) is 0 Å². The van der Waals surface area contributed by atoms with Gasteiger partial charge in [-0.3, -0.25) is 14.9 Å². The molecule has 118 valence electrons. The summed E-state index contributed by atoms with van der Waals surface area (Å²) in [5.41, 5.74) is 0.257. The van der Waals surface area contributed by atoms with E-state index in [2.05, 4.69) is 0 Å². The van der Waals surface area contributed by atoms with Gasteiger partial charge in [0.2, 0.25) is 5.78 Å². The third kappa shape index (κ3) is 4.52. The third-order valence-electron chi connectivity index (χ3n) is 2.70. The van der Waals surface area contributed by atoms with Crippen LogP contribution >= 0.6 is 11.6 Å². The minimum absolute atomic E-state index is 0.117. The van der Waals surface area contributed by atoms with Gasteiger partial charge in [0, 0.05) is 11.6 Å². The smallest absolute Gasteiger partial charge is 0.433 e. The number of Topliss-reactive ketones (excluding diaryl/α,β-unsaturated/α-hetero) is 1. The first kappa shape index (κ1) is 16.4. The van der Waals surface area contributed by atoms with Gasteiger partial charge in [-0.05, 0) is 24.3 Å². The first-order valence-corrected chi connectivity index (χ1v) is 6.72. The van der Waals surface area contributed by atoms with Crippen LogP contribution in [0.2, 0.25) is 5.02 Å². The molecular weight excluding hydrogens is 326 g/mol. The van der Waals surface area contributed by atoms with Gasteiger partial charge < -0.3 is 9.15 Å². The molecule has 0 amide bonds. The van der Waals surface area contributed by atoms with Gasteiger partial charge in [0.05, 0.1) is 11.1 Å². The minimum Gasteiger partial charge on any atom is -0.454 e. The first-order chi connectivity index (χ1) is 11.0. The number of furan rings is 1. The van der Waals surface area contributed by atoms with Gasteiger partial charge in [-0.2, -0.15) is 0 Å². The van der Waals surface area contributed by atoms with E-state index in [1.165, 1.54) is 18.2 Å². The maximum Gasteiger partial charge on any atom is 0.433 e. The second-order valence-electron chi connectivity index (χ2n) is 4.28. The summed E-state index contributed by atoms with van der Waals surface area (Å²) < 4.78 is 9.61. The van der Waals surface area contributed by atoms with Gasteiger partial charge in [-0.1, -0.05) is 23.7 Å². The van der Waals surface area contributed by atoms with Crippen molar-refractivity contribution in [2.24, 2.45) is 0 Å². The molecule has 0 spiro atoms. The summed E-state index contributed by atoms with van der Waals surface area (Å²) >= 11 is 5.86. The van der Waals surface area contributed by atoms with Crippen molar-refractivity contribution in [3.8, 4) is 0 Å². The normalized spacial score (nSPS) is 10.7. The summed E-state index contributed by atoms with van der Waals surface area (Å²) in [4.78, 5) is 33.1. The van der Waals surface area contributed by atoms with Crippen LogP contribution in [-0.2, 0) is 9.53 Å². The molecule has 2 aromatic rings. The molecule has 0 saturated heterocycles. The average molecular weight is 336 g/mol. The number of ether oxygens (including phenoxy) is 1. The number of halogens is 1. The van der Waals surface area contributed by atoms with Gasteiger partial charge >= 0.3 is 11.9 Å². The first-order valence-electron chi connectivity index (χ1n) is 6.34. The lowest BCUT2D eigenvalue weighted by Gasteiger charge is -2.03. The third-order valence-corrected chi connectivity index (χ3v) is 3.03. The standard InChI is InChI=1S/C15H10ClNO6/c16-12-4-2-1-3-11(12)13(18)9-22-15(19)8-6-10-5-7-14(23-10)17(20)21/h1-8H,9H2/b8-6+. The Labute approximate surface area is 135 Å². The lowest BCUT2D eigenvalue weighted by atomic mass is 10.1. The SMILES string of the molecule is O=C(/C=C/c1ccc([N+](=O)[O-])o1)OCC(=O)c1ccccc1Cl. The van der Waals surface area contributed by atoms with E-state index in [0.717, 1.165) is 12.1 Å². The second-order valence-corrected chi connectivity index (χ2v) is 4.68. The summed E-state index contributed by atoms with van der Waals surface area (Å²) in [6, 6.07) is 8.89. The van der Waals surface area contributed by atoms with Crippen LogP contribution in [-0.4, -0.2) is 23.3 Å². The van der Waals surface area contributed by atoms with Crippen molar-refractivity contribution in [3.05, 3.63) is 68.9 Å². The molecule has 1 aromatic heterocycles. The number of benzene rings is 1. The van der Waals surface area contributed by atoms with Crippen LogP contribution in [0.5, 0.6) is 0 Å². The van der Waals surface area contributed by atoms with Gasteiger partial charge in [0.25, 0.3) is 0 Å². The molecule has 0 N–H and O–H groups in total. The van der Waals surface area contributed by atoms with Crippen LogP contribution in [0.3, 0.4) is 0 Å². The Morgan fingerprint density at radius 1 is 1.26 bits per heavy atom. The van der Waals surface area contributed by atoms with Crippen LogP contribution < -0.4 is 0 Å². The zero-order valence-corrected chi connectivity index (χ0v) is 12.4. The van der Waals surface area contributed by atoms with E-state index < -0.39 is 29.2 Å². The Hall–Kier alpha value is -2.93. The average Bonchev–Trinajstić information content (AvgIpc) is 3.00.